The van der Waals surface area contributed by atoms with Crippen LogP contribution in [-0.4, -0.2) is 11.1 Å². The SMILES string of the molecule is CC(C)(C)c1ccc(OCc2ccc(C(=O)O)o2)c(C(C)(C)C)c1. The Bertz CT molecular complexity index is 727. The molecule has 2 aromatic rings. The lowest BCUT2D eigenvalue weighted by Gasteiger charge is -2.27. The number of carbonyl (C=O) groups is 1. The predicted octanol–water partition coefficient (Wildman–Crippen LogP) is 5.15. The summed E-state index contributed by atoms with van der Waals surface area (Å²) < 4.78 is 11.2. The summed E-state index contributed by atoms with van der Waals surface area (Å²) in [6, 6.07) is 9.33. The standard InChI is InChI=1S/C20H26O4/c1-19(2,3)13-7-9-16(15(11-13)20(4,5)6)23-12-14-8-10-17(24-14)18(21)22/h7-11H,12H2,1-6H3,(H,21,22). The van der Waals surface area contributed by atoms with Gasteiger partial charge in [0.05, 0.1) is 0 Å². The molecule has 1 aromatic heterocycles. The van der Waals surface area contributed by atoms with Gasteiger partial charge in [-0.3, -0.25) is 0 Å². The summed E-state index contributed by atoms with van der Waals surface area (Å²) in [5.41, 5.74) is 2.38. The van der Waals surface area contributed by atoms with Gasteiger partial charge in [0.25, 0.3) is 0 Å². The van der Waals surface area contributed by atoms with Crippen LogP contribution in [0.4, 0.5) is 0 Å². The first-order valence-corrected chi connectivity index (χ1v) is 8.08. The number of carboxylic acids is 1. The molecule has 4 nitrogen and oxygen atoms in total. The first kappa shape index (κ1) is 18.1. The third-order valence-corrected chi connectivity index (χ3v) is 3.90. The molecule has 0 saturated carbocycles. The van der Waals surface area contributed by atoms with E-state index in [1.807, 2.05) is 6.07 Å². The van der Waals surface area contributed by atoms with E-state index in [0.717, 1.165) is 11.3 Å². The molecular weight excluding hydrogens is 304 g/mol. The second-order valence-corrected chi connectivity index (χ2v) is 8.07. The minimum atomic E-state index is -1.08. The molecule has 0 spiro atoms. The van der Waals surface area contributed by atoms with E-state index in [1.165, 1.54) is 11.6 Å². The number of carboxylic acid groups (broad SMARTS) is 1. The van der Waals surface area contributed by atoms with Crippen molar-refractivity contribution in [1.29, 1.82) is 0 Å². The van der Waals surface area contributed by atoms with Gasteiger partial charge in [-0.15, -0.1) is 0 Å². The van der Waals surface area contributed by atoms with E-state index >= 15 is 0 Å². The van der Waals surface area contributed by atoms with Crippen LogP contribution in [-0.2, 0) is 17.4 Å². The van der Waals surface area contributed by atoms with Crippen LogP contribution in [0, 0.1) is 0 Å². The van der Waals surface area contributed by atoms with Crippen LogP contribution in [0.15, 0.2) is 34.7 Å². The molecule has 24 heavy (non-hydrogen) atoms. The number of furan rings is 1. The summed E-state index contributed by atoms with van der Waals surface area (Å²) in [5.74, 6) is 0.134. The van der Waals surface area contributed by atoms with Crippen molar-refractivity contribution in [3.05, 3.63) is 53.0 Å². The number of hydrogen-bond donors (Lipinski definition) is 1. The van der Waals surface area contributed by atoms with Gasteiger partial charge in [0.15, 0.2) is 0 Å². The van der Waals surface area contributed by atoms with Gasteiger partial charge in [-0.05, 0) is 40.2 Å². The zero-order valence-corrected chi connectivity index (χ0v) is 15.3. The minimum Gasteiger partial charge on any atom is -0.485 e. The van der Waals surface area contributed by atoms with Crippen molar-refractivity contribution in [2.75, 3.05) is 0 Å². The van der Waals surface area contributed by atoms with Crippen LogP contribution in [0.1, 0.15) is 69.0 Å². The molecule has 0 aliphatic carbocycles. The van der Waals surface area contributed by atoms with Gasteiger partial charge in [-0.1, -0.05) is 53.7 Å². The Kier molecular flexibility index (Phi) is 4.79. The van der Waals surface area contributed by atoms with Crippen LogP contribution >= 0.6 is 0 Å². The highest BCUT2D eigenvalue weighted by atomic mass is 16.5. The number of hydrogen-bond acceptors (Lipinski definition) is 3. The molecule has 0 aliphatic rings. The molecule has 0 fully saturated rings. The molecule has 0 unspecified atom stereocenters. The van der Waals surface area contributed by atoms with E-state index in [4.69, 9.17) is 14.3 Å². The van der Waals surface area contributed by atoms with Gasteiger partial charge in [0.1, 0.15) is 18.1 Å². The van der Waals surface area contributed by atoms with E-state index < -0.39 is 5.97 Å². The lowest BCUT2D eigenvalue weighted by Crippen LogP contribution is -2.17. The smallest absolute Gasteiger partial charge is 0.371 e. The molecule has 4 heteroatoms. The summed E-state index contributed by atoms with van der Waals surface area (Å²) in [6.45, 7) is 13.2. The maximum atomic E-state index is 10.9. The molecular formula is C20H26O4. The Morgan fingerprint density at radius 3 is 2.21 bits per heavy atom. The third kappa shape index (κ3) is 4.19. The molecule has 0 atom stereocenters. The Balaban J connectivity index is 2.27. The largest absolute Gasteiger partial charge is 0.485 e. The second kappa shape index (κ2) is 6.34. The molecule has 0 amide bonds. The van der Waals surface area contributed by atoms with E-state index in [0.29, 0.717) is 5.76 Å². The fourth-order valence-corrected chi connectivity index (χ4v) is 2.43. The van der Waals surface area contributed by atoms with Gasteiger partial charge < -0.3 is 14.3 Å². The molecule has 1 heterocycles. The van der Waals surface area contributed by atoms with Gasteiger partial charge in [-0.25, -0.2) is 4.79 Å². The van der Waals surface area contributed by atoms with E-state index in [9.17, 15) is 4.79 Å². The number of rotatable bonds is 4. The molecule has 1 aromatic carbocycles. The maximum Gasteiger partial charge on any atom is 0.371 e. The highest BCUT2D eigenvalue weighted by Crippen LogP contribution is 2.35. The highest BCUT2D eigenvalue weighted by molar-refractivity contribution is 5.84. The molecule has 130 valence electrons. The Morgan fingerprint density at radius 1 is 1.04 bits per heavy atom. The normalized spacial score (nSPS) is 12.2. The Hall–Kier alpha value is -2.23. The average molecular weight is 330 g/mol. The van der Waals surface area contributed by atoms with Crippen molar-refractivity contribution in [1.82, 2.24) is 0 Å². The quantitative estimate of drug-likeness (QED) is 0.842. The van der Waals surface area contributed by atoms with E-state index in [2.05, 4.69) is 53.7 Å². The van der Waals surface area contributed by atoms with Crippen LogP contribution in [0.3, 0.4) is 0 Å². The van der Waals surface area contributed by atoms with Crippen molar-refractivity contribution in [3.63, 3.8) is 0 Å². The highest BCUT2D eigenvalue weighted by Gasteiger charge is 2.23. The molecule has 1 N–H and O–H groups in total. The number of ether oxygens (including phenoxy) is 1. The van der Waals surface area contributed by atoms with Gasteiger partial charge in [-0.2, -0.15) is 0 Å². The van der Waals surface area contributed by atoms with Crippen molar-refractivity contribution in [2.45, 2.75) is 59.0 Å². The van der Waals surface area contributed by atoms with Crippen molar-refractivity contribution in [2.24, 2.45) is 0 Å². The van der Waals surface area contributed by atoms with Crippen LogP contribution in [0.2, 0.25) is 0 Å². The predicted molar refractivity (Wildman–Crippen MR) is 93.8 cm³/mol. The van der Waals surface area contributed by atoms with Crippen molar-refractivity contribution >= 4 is 5.97 Å². The fraction of sp³-hybridized carbons (Fsp3) is 0.450. The lowest BCUT2D eigenvalue weighted by atomic mass is 9.80. The van der Waals surface area contributed by atoms with Crippen LogP contribution in [0.25, 0.3) is 0 Å². The zero-order chi connectivity index (χ0) is 18.1. The van der Waals surface area contributed by atoms with Crippen molar-refractivity contribution in [3.8, 4) is 5.75 Å². The third-order valence-electron chi connectivity index (χ3n) is 3.90. The first-order chi connectivity index (χ1) is 11.0. The molecule has 2 rings (SSSR count). The molecule has 0 aliphatic heterocycles. The topological polar surface area (TPSA) is 59.7 Å². The van der Waals surface area contributed by atoms with Crippen molar-refractivity contribution < 1.29 is 19.1 Å². The Labute approximate surface area is 143 Å². The minimum absolute atomic E-state index is 0.0635. The molecule has 0 radical (unpaired) electrons. The van der Waals surface area contributed by atoms with E-state index in [-0.39, 0.29) is 23.2 Å². The van der Waals surface area contributed by atoms with E-state index in [1.54, 1.807) is 6.07 Å². The maximum absolute atomic E-state index is 10.9. The van der Waals surface area contributed by atoms with Gasteiger partial charge in [0, 0.05) is 0 Å². The number of aromatic carboxylic acids is 1. The Morgan fingerprint density at radius 2 is 1.71 bits per heavy atom. The first-order valence-electron chi connectivity index (χ1n) is 8.08. The number of benzene rings is 1. The molecule has 0 bridgehead atoms. The fourth-order valence-electron chi connectivity index (χ4n) is 2.43. The van der Waals surface area contributed by atoms with Gasteiger partial charge in [0.2, 0.25) is 5.76 Å². The average Bonchev–Trinajstić information content (AvgIpc) is 2.92. The summed E-state index contributed by atoms with van der Waals surface area (Å²) in [7, 11) is 0. The summed E-state index contributed by atoms with van der Waals surface area (Å²) >= 11 is 0. The lowest BCUT2D eigenvalue weighted by molar-refractivity contribution is 0.0658. The van der Waals surface area contributed by atoms with Crippen LogP contribution < -0.4 is 4.74 Å². The molecule has 0 saturated heterocycles. The second-order valence-electron chi connectivity index (χ2n) is 8.07. The zero-order valence-electron chi connectivity index (χ0n) is 15.3. The summed E-state index contributed by atoms with van der Waals surface area (Å²) in [6.07, 6.45) is 0. The monoisotopic (exact) mass is 330 g/mol. The van der Waals surface area contributed by atoms with Gasteiger partial charge >= 0.3 is 5.97 Å². The summed E-state index contributed by atoms with van der Waals surface area (Å²) in [5, 5.41) is 8.91. The van der Waals surface area contributed by atoms with Crippen LogP contribution in [0.5, 0.6) is 5.75 Å². The summed E-state index contributed by atoms with van der Waals surface area (Å²) in [4.78, 5) is 10.9.